The summed E-state index contributed by atoms with van der Waals surface area (Å²) in [7, 11) is 1.96. The highest BCUT2D eigenvalue weighted by Gasteiger charge is 2.26. The lowest BCUT2D eigenvalue weighted by Gasteiger charge is -2.26. The fourth-order valence-electron chi connectivity index (χ4n) is 4.21. The Balaban J connectivity index is 1.55. The van der Waals surface area contributed by atoms with Crippen molar-refractivity contribution in [3.05, 3.63) is 47.8 Å². The third-order valence-electron chi connectivity index (χ3n) is 5.78. The molecule has 4 nitrogen and oxygen atoms in total. The maximum atomic E-state index is 5.01. The van der Waals surface area contributed by atoms with Crippen LogP contribution in [0.3, 0.4) is 0 Å². The van der Waals surface area contributed by atoms with Crippen LogP contribution in [0.4, 0.5) is 0 Å². The quantitative estimate of drug-likeness (QED) is 0.697. The van der Waals surface area contributed by atoms with Crippen LogP contribution in [0.25, 0.3) is 22.2 Å². The SMILES string of the molecule is Cn1cc(-c2cc(C3CC3)c3ccc(CN4CCCCC4)cc3n2)cn1. The summed E-state index contributed by atoms with van der Waals surface area (Å²) < 4.78 is 1.85. The van der Waals surface area contributed by atoms with Crippen LogP contribution in [0.15, 0.2) is 36.7 Å². The Morgan fingerprint density at radius 2 is 1.92 bits per heavy atom. The van der Waals surface area contributed by atoms with Gasteiger partial charge in [-0.2, -0.15) is 5.10 Å². The van der Waals surface area contributed by atoms with Crippen molar-refractivity contribution in [2.75, 3.05) is 13.1 Å². The Morgan fingerprint density at radius 3 is 2.65 bits per heavy atom. The van der Waals surface area contributed by atoms with Crippen LogP contribution in [-0.2, 0) is 13.6 Å². The van der Waals surface area contributed by atoms with Crippen molar-refractivity contribution >= 4 is 10.9 Å². The van der Waals surface area contributed by atoms with E-state index >= 15 is 0 Å². The molecule has 0 bridgehead atoms. The fourth-order valence-corrected chi connectivity index (χ4v) is 4.21. The van der Waals surface area contributed by atoms with Gasteiger partial charge in [-0.1, -0.05) is 18.6 Å². The molecule has 1 aromatic carbocycles. The summed E-state index contributed by atoms with van der Waals surface area (Å²) in [5, 5.41) is 5.66. The molecular weight excluding hydrogens is 320 g/mol. The molecule has 1 saturated carbocycles. The summed E-state index contributed by atoms with van der Waals surface area (Å²) in [6.45, 7) is 3.51. The van der Waals surface area contributed by atoms with Gasteiger partial charge in [0, 0.05) is 30.7 Å². The predicted octanol–water partition coefficient (Wildman–Crippen LogP) is 4.50. The Hall–Kier alpha value is -2.20. The molecule has 5 rings (SSSR count). The first-order valence-corrected chi connectivity index (χ1v) is 9.91. The number of fused-ring (bicyclic) bond motifs is 1. The predicted molar refractivity (Wildman–Crippen MR) is 105 cm³/mol. The van der Waals surface area contributed by atoms with Gasteiger partial charge in [-0.15, -0.1) is 0 Å². The molecule has 1 saturated heterocycles. The number of nitrogens with zero attached hydrogens (tertiary/aromatic N) is 4. The Labute approximate surface area is 154 Å². The van der Waals surface area contributed by atoms with Crippen molar-refractivity contribution in [3.63, 3.8) is 0 Å². The number of likely N-dealkylation sites (tertiary alicyclic amines) is 1. The third kappa shape index (κ3) is 3.14. The van der Waals surface area contributed by atoms with Crippen molar-refractivity contribution in [2.45, 2.75) is 44.6 Å². The number of piperidine rings is 1. The molecule has 134 valence electrons. The maximum absolute atomic E-state index is 5.01. The average molecular weight is 346 g/mol. The minimum atomic E-state index is 0.712. The monoisotopic (exact) mass is 346 g/mol. The summed E-state index contributed by atoms with van der Waals surface area (Å²) >= 11 is 0. The van der Waals surface area contributed by atoms with Gasteiger partial charge in [0.2, 0.25) is 0 Å². The lowest BCUT2D eigenvalue weighted by Crippen LogP contribution is -2.29. The van der Waals surface area contributed by atoms with Crippen LogP contribution in [0.5, 0.6) is 0 Å². The zero-order valence-corrected chi connectivity index (χ0v) is 15.5. The second kappa shape index (κ2) is 6.51. The highest BCUT2D eigenvalue weighted by atomic mass is 15.2. The van der Waals surface area contributed by atoms with Gasteiger partial charge in [0.15, 0.2) is 0 Å². The van der Waals surface area contributed by atoms with E-state index in [1.165, 1.54) is 61.7 Å². The number of pyridine rings is 1. The minimum absolute atomic E-state index is 0.712. The molecule has 2 aromatic heterocycles. The van der Waals surface area contributed by atoms with Crippen LogP contribution in [0.1, 0.15) is 49.1 Å². The lowest BCUT2D eigenvalue weighted by atomic mass is 10.00. The largest absolute Gasteiger partial charge is 0.299 e. The highest BCUT2D eigenvalue weighted by molar-refractivity contribution is 5.86. The standard InChI is InChI=1S/C22H26N4/c1-25-15-18(13-23-25)21-12-20(17-6-7-17)19-8-5-16(11-22(19)24-21)14-26-9-3-2-4-10-26/h5,8,11-13,15,17H,2-4,6-7,9-10,14H2,1H3. The number of benzene rings is 1. The zero-order valence-electron chi connectivity index (χ0n) is 15.5. The van der Waals surface area contributed by atoms with Crippen molar-refractivity contribution in [1.29, 1.82) is 0 Å². The van der Waals surface area contributed by atoms with Gasteiger partial charge < -0.3 is 0 Å². The molecule has 3 aromatic rings. The van der Waals surface area contributed by atoms with Crippen LogP contribution >= 0.6 is 0 Å². The molecule has 0 atom stereocenters. The minimum Gasteiger partial charge on any atom is -0.299 e. The van der Waals surface area contributed by atoms with Crippen molar-refractivity contribution in [1.82, 2.24) is 19.7 Å². The Morgan fingerprint density at radius 1 is 1.08 bits per heavy atom. The van der Waals surface area contributed by atoms with Gasteiger partial charge >= 0.3 is 0 Å². The summed E-state index contributed by atoms with van der Waals surface area (Å²) in [5.41, 5.74) is 6.17. The molecule has 1 aliphatic heterocycles. The molecule has 2 aliphatic rings. The average Bonchev–Trinajstić information content (AvgIpc) is 3.42. The van der Waals surface area contributed by atoms with E-state index in [4.69, 9.17) is 4.98 Å². The van der Waals surface area contributed by atoms with E-state index in [1.807, 2.05) is 17.9 Å². The molecule has 2 fully saturated rings. The van der Waals surface area contributed by atoms with Crippen molar-refractivity contribution in [2.24, 2.45) is 7.05 Å². The van der Waals surface area contributed by atoms with E-state index in [2.05, 4.69) is 40.5 Å². The van der Waals surface area contributed by atoms with Crippen molar-refractivity contribution < 1.29 is 0 Å². The zero-order chi connectivity index (χ0) is 17.5. The van der Waals surface area contributed by atoms with E-state index in [0.717, 1.165) is 23.3 Å². The molecular formula is C22H26N4. The van der Waals surface area contributed by atoms with Crippen LogP contribution in [0, 0.1) is 0 Å². The van der Waals surface area contributed by atoms with Gasteiger partial charge in [0.05, 0.1) is 17.4 Å². The number of rotatable bonds is 4. The van der Waals surface area contributed by atoms with E-state index in [9.17, 15) is 0 Å². The Bertz CT molecular complexity index is 932. The maximum Gasteiger partial charge on any atom is 0.0744 e. The molecule has 0 N–H and O–H groups in total. The van der Waals surface area contributed by atoms with Gasteiger partial charge in [0.1, 0.15) is 0 Å². The summed E-state index contributed by atoms with van der Waals surface area (Å²) in [6.07, 6.45) is 10.6. The van der Waals surface area contributed by atoms with Gasteiger partial charge in [-0.25, -0.2) is 4.98 Å². The van der Waals surface area contributed by atoms with Crippen LogP contribution in [0.2, 0.25) is 0 Å². The van der Waals surface area contributed by atoms with E-state index in [0.29, 0.717) is 5.92 Å². The second-order valence-electron chi connectivity index (χ2n) is 7.96. The van der Waals surface area contributed by atoms with E-state index in [-0.39, 0.29) is 0 Å². The molecule has 3 heterocycles. The third-order valence-corrected chi connectivity index (χ3v) is 5.78. The summed E-state index contributed by atoms with van der Waals surface area (Å²) in [5.74, 6) is 0.712. The summed E-state index contributed by atoms with van der Waals surface area (Å²) in [4.78, 5) is 7.59. The van der Waals surface area contributed by atoms with E-state index < -0.39 is 0 Å². The van der Waals surface area contributed by atoms with Gasteiger partial charge in [-0.05, 0) is 68.0 Å². The highest BCUT2D eigenvalue weighted by Crippen LogP contribution is 2.44. The smallest absolute Gasteiger partial charge is 0.0744 e. The number of hydrogen-bond acceptors (Lipinski definition) is 3. The number of aromatic nitrogens is 3. The topological polar surface area (TPSA) is 34.0 Å². The van der Waals surface area contributed by atoms with Gasteiger partial charge in [-0.3, -0.25) is 9.58 Å². The molecule has 4 heteroatoms. The van der Waals surface area contributed by atoms with Gasteiger partial charge in [0.25, 0.3) is 0 Å². The molecule has 0 amide bonds. The molecule has 1 aliphatic carbocycles. The summed E-state index contributed by atoms with van der Waals surface area (Å²) in [6, 6.07) is 9.23. The van der Waals surface area contributed by atoms with E-state index in [1.54, 1.807) is 0 Å². The first-order valence-electron chi connectivity index (χ1n) is 9.91. The Kier molecular flexibility index (Phi) is 4.01. The number of aryl methyl sites for hydroxylation is 1. The van der Waals surface area contributed by atoms with Crippen LogP contribution < -0.4 is 0 Å². The second-order valence-corrected chi connectivity index (χ2v) is 7.96. The molecule has 0 spiro atoms. The first kappa shape index (κ1) is 16.0. The normalized spacial score (nSPS) is 18.5. The molecule has 0 radical (unpaired) electrons. The number of hydrogen-bond donors (Lipinski definition) is 0. The fraction of sp³-hybridized carbons (Fsp3) is 0.455. The lowest BCUT2D eigenvalue weighted by molar-refractivity contribution is 0.221. The van der Waals surface area contributed by atoms with Crippen molar-refractivity contribution in [3.8, 4) is 11.3 Å². The van der Waals surface area contributed by atoms with Crippen LogP contribution in [-0.4, -0.2) is 32.8 Å². The molecule has 0 unspecified atom stereocenters. The molecule has 26 heavy (non-hydrogen) atoms. The first-order chi connectivity index (χ1) is 12.8.